The summed E-state index contributed by atoms with van der Waals surface area (Å²) in [5.41, 5.74) is 6.40. The normalized spacial score (nSPS) is 30.2. The largest absolute Gasteiger partial charge is 0.342 e. The van der Waals surface area contributed by atoms with Crippen molar-refractivity contribution in [1.29, 1.82) is 0 Å². The highest BCUT2D eigenvalue weighted by Gasteiger charge is 2.33. The van der Waals surface area contributed by atoms with Crippen LogP contribution in [0.4, 0.5) is 0 Å². The first kappa shape index (κ1) is 19.3. The molecule has 0 bridgehead atoms. The van der Waals surface area contributed by atoms with E-state index in [9.17, 15) is 0 Å². The van der Waals surface area contributed by atoms with Gasteiger partial charge in [-0.3, -0.25) is 0 Å². The second kappa shape index (κ2) is 7.44. The maximum absolute atomic E-state index is 3.76. The van der Waals surface area contributed by atoms with Crippen LogP contribution in [-0.4, -0.2) is 11.1 Å². The third-order valence-corrected chi connectivity index (χ3v) is 7.66. The molecule has 1 N–H and O–H groups in total. The standard InChI is InChI=1S/C24H34N2.ClH/c1-15(2)18-9-7-16(3)13-20(18)17-8-10-23-21(14-17)19-5-4-6-22-24(19)26(23)12-11-25-22;/h8,10,14-16,18,20,22,25H,4-7,9,11-13H2,1-3H3;1H. The Labute approximate surface area is 170 Å². The van der Waals surface area contributed by atoms with Crippen LogP contribution in [0, 0.1) is 17.8 Å². The first-order valence-electron chi connectivity index (χ1n) is 11.0. The second-order valence-corrected chi connectivity index (χ2v) is 9.62. The van der Waals surface area contributed by atoms with Crippen LogP contribution >= 0.6 is 12.4 Å². The first-order valence-corrected chi connectivity index (χ1v) is 11.0. The van der Waals surface area contributed by atoms with Crippen molar-refractivity contribution in [2.45, 2.75) is 77.8 Å². The van der Waals surface area contributed by atoms with E-state index in [1.165, 1.54) is 44.0 Å². The van der Waals surface area contributed by atoms with Crippen LogP contribution in [-0.2, 0) is 13.0 Å². The molecule has 27 heavy (non-hydrogen) atoms. The van der Waals surface area contributed by atoms with Crippen molar-refractivity contribution < 1.29 is 0 Å². The molecule has 0 radical (unpaired) electrons. The second-order valence-electron chi connectivity index (χ2n) is 9.62. The van der Waals surface area contributed by atoms with Crippen molar-refractivity contribution in [3.05, 3.63) is 35.0 Å². The Morgan fingerprint density at radius 1 is 1.15 bits per heavy atom. The quantitative estimate of drug-likeness (QED) is 0.648. The highest BCUT2D eigenvalue weighted by atomic mass is 35.5. The van der Waals surface area contributed by atoms with E-state index in [0.717, 1.165) is 36.8 Å². The highest BCUT2D eigenvalue weighted by molar-refractivity contribution is 5.87. The van der Waals surface area contributed by atoms with Crippen LogP contribution in [0.2, 0.25) is 0 Å². The van der Waals surface area contributed by atoms with Crippen LogP contribution in [0.3, 0.4) is 0 Å². The van der Waals surface area contributed by atoms with E-state index in [1.807, 2.05) is 0 Å². The van der Waals surface area contributed by atoms with Gasteiger partial charge < -0.3 is 9.88 Å². The highest BCUT2D eigenvalue weighted by Crippen LogP contribution is 2.46. The van der Waals surface area contributed by atoms with E-state index in [0.29, 0.717) is 6.04 Å². The summed E-state index contributed by atoms with van der Waals surface area (Å²) in [7, 11) is 0. The summed E-state index contributed by atoms with van der Waals surface area (Å²) in [6.07, 6.45) is 8.12. The van der Waals surface area contributed by atoms with Crippen molar-refractivity contribution in [3.8, 4) is 0 Å². The third kappa shape index (κ3) is 3.13. The lowest BCUT2D eigenvalue weighted by Crippen LogP contribution is -2.35. The summed E-state index contributed by atoms with van der Waals surface area (Å²) in [4.78, 5) is 0. The van der Waals surface area contributed by atoms with Crippen LogP contribution < -0.4 is 5.32 Å². The van der Waals surface area contributed by atoms with Gasteiger partial charge in [0.1, 0.15) is 0 Å². The molecular weight excluding hydrogens is 352 g/mol. The van der Waals surface area contributed by atoms with Crippen molar-refractivity contribution in [2.24, 2.45) is 17.8 Å². The Kier molecular flexibility index (Phi) is 5.33. The summed E-state index contributed by atoms with van der Waals surface area (Å²) >= 11 is 0. The predicted molar refractivity (Wildman–Crippen MR) is 117 cm³/mol. The molecule has 4 unspecified atom stereocenters. The number of hydrogen-bond donors (Lipinski definition) is 1. The van der Waals surface area contributed by atoms with Gasteiger partial charge >= 0.3 is 0 Å². The Morgan fingerprint density at radius 2 is 2.00 bits per heavy atom. The molecule has 2 aliphatic carbocycles. The van der Waals surface area contributed by atoms with E-state index in [-0.39, 0.29) is 12.4 Å². The number of rotatable bonds is 2. The number of aromatic nitrogens is 1. The number of nitrogens with zero attached hydrogens (tertiary/aromatic N) is 1. The Hall–Kier alpha value is -0.990. The molecule has 2 heterocycles. The molecule has 0 saturated heterocycles. The molecule has 2 aromatic rings. The Morgan fingerprint density at radius 3 is 2.81 bits per heavy atom. The van der Waals surface area contributed by atoms with Crippen LogP contribution in [0.5, 0.6) is 0 Å². The fourth-order valence-electron chi connectivity index (χ4n) is 6.35. The Bertz CT molecular complexity index is 819. The summed E-state index contributed by atoms with van der Waals surface area (Å²) in [5.74, 6) is 3.27. The minimum absolute atomic E-state index is 0. The number of aryl methyl sites for hydroxylation is 1. The van der Waals surface area contributed by atoms with Gasteiger partial charge in [0.25, 0.3) is 0 Å². The molecule has 148 valence electrons. The molecule has 4 atom stereocenters. The molecule has 3 heteroatoms. The first-order chi connectivity index (χ1) is 12.6. The van der Waals surface area contributed by atoms with Gasteiger partial charge in [-0.1, -0.05) is 33.3 Å². The number of benzene rings is 1. The van der Waals surface area contributed by atoms with E-state index >= 15 is 0 Å². The molecule has 1 aromatic heterocycles. The average molecular weight is 387 g/mol. The number of fused-ring (bicyclic) bond motifs is 3. The van der Waals surface area contributed by atoms with E-state index in [2.05, 4.69) is 48.9 Å². The molecular formula is C24H35ClN2. The van der Waals surface area contributed by atoms with Gasteiger partial charge in [-0.25, -0.2) is 0 Å². The van der Waals surface area contributed by atoms with E-state index in [1.54, 1.807) is 22.2 Å². The molecule has 0 spiro atoms. The van der Waals surface area contributed by atoms with Gasteiger partial charge in [0, 0.05) is 35.7 Å². The van der Waals surface area contributed by atoms with E-state index < -0.39 is 0 Å². The molecule has 1 aromatic carbocycles. The van der Waals surface area contributed by atoms with Gasteiger partial charge in [-0.05, 0) is 79.0 Å². The zero-order valence-electron chi connectivity index (χ0n) is 17.1. The van der Waals surface area contributed by atoms with Crippen molar-refractivity contribution in [1.82, 2.24) is 9.88 Å². The van der Waals surface area contributed by atoms with Gasteiger partial charge in [0.2, 0.25) is 0 Å². The van der Waals surface area contributed by atoms with Crippen LogP contribution in [0.15, 0.2) is 18.2 Å². The molecule has 5 rings (SSSR count). The SMILES string of the molecule is CC1CCC(C(C)C)C(c2ccc3c(c2)c2c4n3CCNC4CCC2)C1.Cl. The molecule has 1 aliphatic heterocycles. The Balaban J connectivity index is 0.00000180. The molecule has 0 amide bonds. The smallest absolute Gasteiger partial charge is 0.0486 e. The van der Waals surface area contributed by atoms with Gasteiger partial charge in [-0.2, -0.15) is 0 Å². The number of hydrogen-bond acceptors (Lipinski definition) is 1. The summed E-state index contributed by atoms with van der Waals surface area (Å²) in [6.45, 7) is 9.58. The van der Waals surface area contributed by atoms with Crippen molar-refractivity contribution >= 4 is 23.3 Å². The average Bonchev–Trinajstić information content (AvgIpc) is 2.97. The zero-order chi connectivity index (χ0) is 17.8. The monoisotopic (exact) mass is 386 g/mol. The lowest BCUT2D eigenvalue weighted by molar-refractivity contribution is 0.197. The maximum Gasteiger partial charge on any atom is 0.0486 e. The van der Waals surface area contributed by atoms with Crippen LogP contribution in [0.25, 0.3) is 10.9 Å². The van der Waals surface area contributed by atoms with Crippen molar-refractivity contribution in [2.75, 3.05) is 6.54 Å². The fraction of sp³-hybridized carbons (Fsp3) is 0.667. The van der Waals surface area contributed by atoms with Crippen molar-refractivity contribution in [3.63, 3.8) is 0 Å². The van der Waals surface area contributed by atoms with E-state index in [4.69, 9.17) is 0 Å². The van der Waals surface area contributed by atoms with Crippen LogP contribution in [0.1, 0.15) is 81.7 Å². The molecule has 1 fully saturated rings. The molecule has 2 nitrogen and oxygen atoms in total. The topological polar surface area (TPSA) is 17.0 Å². The number of halogens is 1. The summed E-state index contributed by atoms with van der Waals surface area (Å²) in [5, 5.41) is 5.34. The summed E-state index contributed by atoms with van der Waals surface area (Å²) in [6, 6.07) is 8.15. The molecule has 3 aliphatic rings. The molecule has 1 saturated carbocycles. The minimum Gasteiger partial charge on any atom is -0.342 e. The fourth-order valence-corrected chi connectivity index (χ4v) is 6.35. The maximum atomic E-state index is 3.76. The lowest BCUT2D eigenvalue weighted by atomic mass is 9.67. The van der Waals surface area contributed by atoms with Gasteiger partial charge in [0.15, 0.2) is 0 Å². The zero-order valence-corrected chi connectivity index (χ0v) is 17.9. The predicted octanol–water partition coefficient (Wildman–Crippen LogP) is 6.22. The van der Waals surface area contributed by atoms with Gasteiger partial charge in [-0.15, -0.1) is 12.4 Å². The minimum atomic E-state index is 0. The van der Waals surface area contributed by atoms with Gasteiger partial charge in [0.05, 0.1) is 0 Å². The summed E-state index contributed by atoms with van der Waals surface area (Å²) < 4.78 is 2.64. The third-order valence-electron chi connectivity index (χ3n) is 7.66. The lowest BCUT2D eigenvalue weighted by Gasteiger charge is -2.38. The number of nitrogens with one attached hydrogen (secondary N) is 1.